The molecule has 0 radical (unpaired) electrons. The quantitative estimate of drug-likeness (QED) is 0.497. The van der Waals surface area contributed by atoms with Crippen molar-refractivity contribution < 1.29 is 0 Å². The maximum Gasteiger partial charge on any atom is 0.328 e. The molecule has 0 aliphatic rings. The first-order valence-corrected chi connectivity index (χ1v) is 10.3. The molecule has 0 amide bonds. The van der Waals surface area contributed by atoms with Crippen LogP contribution in [0.2, 0.25) is 0 Å². The van der Waals surface area contributed by atoms with Crippen LogP contribution in [0.15, 0.2) is 46.1 Å². The van der Waals surface area contributed by atoms with Gasteiger partial charge in [-0.05, 0) is 12.3 Å². The Hall–Kier alpha value is -2.80. The fourth-order valence-electron chi connectivity index (χ4n) is 3.30. The second-order valence-corrected chi connectivity index (χ2v) is 8.36. The molecule has 28 heavy (non-hydrogen) atoms. The lowest BCUT2D eigenvalue weighted by Crippen LogP contribution is -2.34. The van der Waals surface area contributed by atoms with Crippen molar-refractivity contribution in [2.75, 3.05) is 0 Å². The summed E-state index contributed by atoms with van der Waals surface area (Å²) in [5.41, 5.74) is 2.08. The van der Waals surface area contributed by atoms with E-state index in [0.717, 1.165) is 24.8 Å². The zero-order chi connectivity index (χ0) is 19.7. The Morgan fingerprint density at radius 3 is 2.68 bits per heavy atom. The largest absolute Gasteiger partial charge is 0.328 e. The molecule has 4 aromatic rings. The fourth-order valence-corrected chi connectivity index (χ4v) is 4.29. The van der Waals surface area contributed by atoms with Crippen LogP contribution in [-0.2, 0) is 6.54 Å². The van der Waals surface area contributed by atoms with E-state index in [-0.39, 0.29) is 11.2 Å². The van der Waals surface area contributed by atoms with Crippen LogP contribution in [0.25, 0.3) is 31.8 Å². The van der Waals surface area contributed by atoms with Crippen LogP contribution in [0.4, 0.5) is 0 Å². The number of H-pyrrole nitrogens is 1. The third kappa shape index (κ3) is 3.49. The highest BCUT2D eigenvalue weighted by atomic mass is 32.1. The molecule has 1 N–H and O–H groups in total. The number of aromatic nitrogens is 4. The molecule has 0 bridgehead atoms. The number of thiophene rings is 1. The molecule has 0 atom stereocenters. The lowest BCUT2D eigenvalue weighted by atomic mass is 10.1. The van der Waals surface area contributed by atoms with E-state index in [1.807, 2.05) is 30.3 Å². The monoisotopic (exact) mass is 394 g/mol. The van der Waals surface area contributed by atoms with Gasteiger partial charge in [-0.2, -0.15) is 0 Å². The maximum absolute atomic E-state index is 12.9. The summed E-state index contributed by atoms with van der Waals surface area (Å²) in [5, 5.41) is 0. The minimum Gasteiger partial charge on any atom is -0.304 e. The smallest absolute Gasteiger partial charge is 0.304 e. The Labute approximate surface area is 165 Å². The van der Waals surface area contributed by atoms with Gasteiger partial charge in [-0.25, -0.2) is 14.8 Å². The summed E-state index contributed by atoms with van der Waals surface area (Å²) in [5.74, 6) is 0.621. The van der Waals surface area contributed by atoms with Gasteiger partial charge in [-0.1, -0.05) is 57.0 Å². The molecule has 1 aromatic carbocycles. The van der Waals surface area contributed by atoms with Gasteiger partial charge in [0.1, 0.15) is 15.0 Å². The number of fused-ring (bicyclic) bond motifs is 3. The highest BCUT2D eigenvalue weighted by Crippen LogP contribution is 2.28. The van der Waals surface area contributed by atoms with Gasteiger partial charge >= 0.3 is 5.69 Å². The number of unbranched alkanes of at least 4 members (excludes halogenated alkanes) is 1. The fraction of sp³-hybridized carbons (Fsp3) is 0.333. The Balaban J connectivity index is 1.76. The standard InChI is InChI=1S/C21H22N4O2S/c1-13(2)8-6-7-11-25-20(26)18-16(24-21(25)27)17-19(28-18)22-12-15(23-17)14-9-4-3-5-10-14/h3-5,9-10,12-13H,6-8,11H2,1-2H3,(H,24,27). The van der Waals surface area contributed by atoms with Crippen molar-refractivity contribution in [1.29, 1.82) is 0 Å². The first-order chi connectivity index (χ1) is 13.5. The Kier molecular flexibility index (Phi) is 5.09. The van der Waals surface area contributed by atoms with E-state index in [1.165, 1.54) is 15.9 Å². The van der Waals surface area contributed by atoms with Crippen molar-refractivity contribution in [3.63, 3.8) is 0 Å². The van der Waals surface area contributed by atoms with Crippen molar-refractivity contribution in [1.82, 2.24) is 19.5 Å². The molecule has 0 spiro atoms. The molecule has 3 aromatic heterocycles. The molecule has 4 rings (SSSR count). The van der Waals surface area contributed by atoms with Gasteiger partial charge in [0.15, 0.2) is 0 Å². The molecule has 0 fully saturated rings. The van der Waals surface area contributed by atoms with E-state index in [4.69, 9.17) is 0 Å². The van der Waals surface area contributed by atoms with E-state index >= 15 is 0 Å². The number of nitrogens with one attached hydrogen (secondary N) is 1. The van der Waals surface area contributed by atoms with Gasteiger partial charge in [0.05, 0.1) is 17.4 Å². The van der Waals surface area contributed by atoms with Crippen molar-refractivity contribution in [3.8, 4) is 11.3 Å². The topological polar surface area (TPSA) is 80.6 Å². The molecule has 0 saturated carbocycles. The van der Waals surface area contributed by atoms with Crippen molar-refractivity contribution in [2.24, 2.45) is 5.92 Å². The Bertz CT molecular complexity index is 1240. The van der Waals surface area contributed by atoms with Gasteiger partial charge in [0, 0.05) is 12.1 Å². The average Bonchev–Trinajstić information content (AvgIpc) is 3.06. The van der Waals surface area contributed by atoms with E-state index < -0.39 is 0 Å². The predicted octanol–water partition coefficient (Wildman–Crippen LogP) is 4.19. The molecule has 0 unspecified atom stereocenters. The van der Waals surface area contributed by atoms with Gasteiger partial charge in [-0.15, -0.1) is 11.3 Å². The number of aromatic amines is 1. The van der Waals surface area contributed by atoms with Gasteiger partial charge in [0.25, 0.3) is 5.56 Å². The van der Waals surface area contributed by atoms with Crippen LogP contribution in [0, 0.1) is 5.92 Å². The number of hydrogen-bond donors (Lipinski definition) is 1. The zero-order valence-electron chi connectivity index (χ0n) is 15.9. The summed E-state index contributed by atoms with van der Waals surface area (Å²) in [6, 6.07) is 9.73. The molecule has 0 saturated heterocycles. The van der Waals surface area contributed by atoms with E-state index in [1.54, 1.807) is 6.20 Å². The van der Waals surface area contributed by atoms with Crippen LogP contribution in [0.5, 0.6) is 0 Å². The van der Waals surface area contributed by atoms with E-state index in [0.29, 0.717) is 38.7 Å². The minimum absolute atomic E-state index is 0.255. The molecule has 7 heteroatoms. The molecule has 144 valence electrons. The van der Waals surface area contributed by atoms with Crippen LogP contribution in [0.1, 0.15) is 33.1 Å². The summed E-state index contributed by atoms with van der Waals surface area (Å²) < 4.78 is 1.81. The van der Waals surface area contributed by atoms with E-state index in [2.05, 4.69) is 28.8 Å². The van der Waals surface area contributed by atoms with Gasteiger partial charge in [-0.3, -0.25) is 9.36 Å². The third-order valence-electron chi connectivity index (χ3n) is 4.80. The number of nitrogens with zero attached hydrogens (tertiary/aromatic N) is 3. The van der Waals surface area contributed by atoms with Crippen LogP contribution < -0.4 is 11.2 Å². The summed E-state index contributed by atoms with van der Waals surface area (Å²) >= 11 is 1.28. The minimum atomic E-state index is -0.381. The number of rotatable bonds is 6. The second kappa shape index (κ2) is 7.67. The summed E-state index contributed by atoms with van der Waals surface area (Å²) in [6.45, 7) is 4.78. The van der Waals surface area contributed by atoms with Crippen molar-refractivity contribution >= 4 is 31.9 Å². The first kappa shape index (κ1) is 18.6. The average molecular weight is 395 g/mol. The molecular weight excluding hydrogens is 372 g/mol. The number of benzene rings is 1. The SMILES string of the molecule is CC(C)CCCCn1c(=O)[nH]c2c(sc3ncc(-c4ccccc4)nc32)c1=O. The molecule has 3 heterocycles. The summed E-state index contributed by atoms with van der Waals surface area (Å²) in [7, 11) is 0. The maximum atomic E-state index is 12.9. The van der Waals surface area contributed by atoms with Crippen LogP contribution >= 0.6 is 11.3 Å². The van der Waals surface area contributed by atoms with Crippen molar-refractivity contribution in [2.45, 2.75) is 39.7 Å². The van der Waals surface area contributed by atoms with Crippen molar-refractivity contribution in [3.05, 3.63) is 57.4 Å². The summed E-state index contributed by atoms with van der Waals surface area (Å²) in [6.07, 6.45) is 4.60. The van der Waals surface area contributed by atoms with Crippen LogP contribution in [-0.4, -0.2) is 19.5 Å². The third-order valence-corrected chi connectivity index (χ3v) is 5.88. The second-order valence-electron chi connectivity index (χ2n) is 7.36. The van der Waals surface area contributed by atoms with Crippen LogP contribution in [0.3, 0.4) is 0 Å². The number of hydrogen-bond acceptors (Lipinski definition) is 5. The Morgan fingerprint density at radius 2 is 1.93 bits per heavy atom. The van der Waals surface area contributed by atoms with E-state index in [9.17, 15) is 9.59 Å². The van der Waals surface area contributed by atoms with Gasteiger partial charge < -0.3 is 4.98 Å². The summed E-state index contributed by atoms with van der Waals surface area (Å²) in [4.78, 5) is 38.1. The zero-order valence-corrected chi connectivity index (χ0v) is 16.8. The molecule has 6 nitrogen and oxygen atoms in total. The normalized spacial score (nSPS) is 11.7. The molecule has 0 aliphatic heterocycles. The Morgan fingerprint density at radius 1 is 1.14 bits per heavy atom. The highest BCUT2D eigenvalue weighted by molar-refractivity contribution is 7.25. The highest BCUT2D eigenvalue weighted by Gasteiger charge is 2.16. The molecular formula is C21H22N4O2S. The molecule has 0 aliphatic carbocycles. The van der Waals surface area contributed by atoms with Gasteiger partial charge in [0.2, 0.25) is 0 Å². The predicted molar refractivity (Wildman–Crippen MR) is 114 cm³/mol. The lowest BCUT2D eigenvalue weighted by Gasteiger charge is -2.06. The lowest BCUT2D eigenvalue weighted by molar-refractivity contribution is 0.498. The first-order valence-electron chi connectivity index (χ1n) is 9.52.